The van der Waals surface area contributed by atoms with Gasteiger partial charge < -0.3 is 20.5 Å². The van der Waals surface area contributed by atoms with E-state index in [0.717, 1.165) is 0 Å². The Balaban J connectivity index is 2.66. The van der Waals surface area contributed by atoms with Crippen molar-refractivity contribution in [1.29, 1.82) is 0 Å². The number of carbonyl (C=O) groups excluding carboxylic acids is 1. The molecule has 0 aromatic heterocycles. The van der Waals surface area contributed by atoms with E-state index in [1.165, 1.54) is 7.11 Å². The van der Waals surface area contributed by atoms with E-state index in [-0.39, 0.29) is 12.5 Å². The Hall–Kier alpha value is -1.59. The summed E-state index contributed by atoms with van der Waals surface area (Å²) in [5.41, 5.74) is 5.97. The molecule has 0 saturated heterocycles. The molecule has 5 heteroatoms. The van der Waals surface area contributed by atoms with Crippen molar-refractivity contribution in [2.75, 3.05) is 32.2 Å². The van der Waals surface area contributed by atoms with Crippen LogP contribution in [0.2, 0.25) is 0 Å². The van der Waals surface area contributed by atoms with E-state index < -0.39 is 0 Å². The van der Waals surface area contributed by atoms with E-state index in [9.17, 15) is 4.79 Å². The number of nitrogens with two attached hydrogens (primary N) is 1. The first-order valence-electron chi connectivity index (χ1n) is 4.98. The van der Waals surface area contributed by atoms with Crippen LogP contribution < -0.4 is 15.8 Å². The van der Waals surface area contributed by atoms with Crippen LogP contribution in [0.25, 0.3) is 0 Å². The van der Waals surface area contributed by atoms with E-state index in [4.69, 9.17) is 15.2 Å². The molecule has 88 valence electrons. The van der Waals surface area contributed by atoms with E-state index >= 15 is 0 Å². The molecule has 0 radical (unpaired) electrons. The van der Waals surface area contributed by atoms with Crippen LogP contribution in [-0.4, -0.2) is 32.8 Å². The van der Waals surface area contributed by atoms with E-state index in [0.29, 0.717) is 24.6 Å². The molecule has 0 saturated carbocycles. The molecular formula is C11H16N2O3. The van der Waals surface area contributed by atoms with Crippen molar-refractivity contribution >= 4 is 11.6 Å². The number of amides is 1. The summed E-state index contributed by atoms with van der Waals surface area (Å²) < 4.78 is 10.1. The molecule has 0 unspecified atom stereocenters. The average molecular weight is 224 g/mol. The lowest BCUT2D eigenvalue weighted by Gasteiger charge is -2.11. The first kappa shape index (κ1) is 12.5. The van der Waals surface area contributed by atoms with Gasteiger partial charge in [-0.15, -0.1) is 0 Å². The number of rotatable bonds is 6. The van der Waals surface area contributed by atoms with E-state index in [2.05, 4.69) is 5.32 Å². The molecule has 16 heavy (non-hydrogen) atoms. The molecule has 1 aromatic rings. The third kappa shape index (κ3) is 3.88. The normalized spacial score (nSPS) is 9.88. The number of hydrogen-bond donors (Lipinski definition) is 2. The van der Waals surface area contributed by atoms with Gasteiger partial charge in [-0.1, -0.05) is 12.1 Å². The number of nitrogens with one attached hydrogen (secondary N) is 1. The summed E-state index contributed by atoms with van der Waals surface area (Å²) in [7, 11) is 1.47. The summed E-state index contributed by atoms with van der Waals surface area (Å²) >= 11 is 0. The summed E-state index contributed by atoms with van der Waals surface area (Å²) in [6.07, 6.45) is 0. The van der Waals surface area contributed by atoms with Crippen molar-refractivity contribution in [3.63, 3.8) is 0 Å². The van der Waals surface area contributed by atoms with E-state index in [1.807, 2.05) is 12.1 Å². The second-order valence-corrected chi connectivity index (χ2v) is 3.11. The minimum absolute atomic E-state index is 0.0191. The number of carbonyl (C=O) groups is 1. The highest BCUT2D eigenvalue weighted by atomic mass is 16.5. The van der Waals surface area contributed by atoms with Gasteiger partial charge in [-0.3, -0.25) is 4.79 Å². The molecule has 0 aliphatic rings. The highest BCUT2D eigenvalue weighted by Gasteiger charge is 2.06. The van der Waals surface area contributed by atoms with Crippen LogP contribution in [0.5, 0.6) is 5.75 Å². The molecule has 0 spiro atoms. The summed E-state index contributed by atoms with van der Waals surface area (Å²) in [6, 6.07) is 7.19. The van der Waals surface area contributed by atoms with Crippen molar-refractivity contribution < 1.29 is 14.3 Å². The van der Waals surface area contributed by atoms with Gasteiger partial charge in [0.1, 0.15) is 19.0 Å². The minimum atomic E-state index is -0.216. The quantitative estimate of drug-likeness (QED) is 0.742. The molecule has 5 nitrogen and oxygen atoms in total. The Labute approximate surface area is 94.5 Å². The van der Waals surface area contributed by atoms with Crippen LogP contribution in [-0.2, 0) is 9.53 Å². The maximum atomic E-state index is 11.3. The van der Waals surface area contributed by atoms with Gasteiger partial charge in [0.15, 0.2) is 0 Å². The van der Waals surface area contributed by atoms with Gasteiger partial charge in [-0.2, -0.15) is 0 Å². The third-order valence-corrected chi connectivity index (χ3v) is 1.81. The topological polar surface area (TPSA) is 73.6 Å². The lowest BCUT2D eigenvalue weighted by molar-refractivity contribution is -0.119. The fourth-order valence-electron chi connectivity index (χ4n) is 1.18. The first-order chi connectivity index (χ1) is 7.77. The zero-order valence-corrected chi connectivity index (χ0v) is 9.23. The predicted octanol–water partition coefficient (Wildman–Crippen LogP) is 0.609. The molecule has 1 rings (SSSR count). The standard InChI is InChI=1S/C11H16N2O3/c1-15-8-11(14)13-9-4-2-3-5-10(9)16-7-6-12/h2-5H,6-8,12H2,1H3,(H,13,14). The number of ether oxygens (including phenoxy) is 2. The lowest BCUT2D eigenvalue weighted by Crippen LogP contribution is -2.18. The van der Waals surface area contributed by atoms with Gasteiger partial charge >= 0.3 is 0 Å². The summed E-state index contributed by atoms with van der Waals surface area (Å²) in [6.45, 7) is 0.864. The third-order valence-electron chi connectivity index (χ3n) is 1.81. The van der Waals surface area contributed by atoms with Crippen LogP contribution in [0.4, 0.5) is 5.69 Å². The van der Waals surface area contributed by atoms with Gasteiger partial charge in [0, 0.05) is 13.7 Å². The van der Waals surface area contributed by atoms with Crippen LogP contribution in [0.1, 0.15) is 0 Å². The Kier molecular flexibility index (Phi) is 5.31. The average Bonchev–Trinajstić information content (AvgIpc) is 2.28. The summed E-state index contributed by atoms with van der Waals surface area (Å²) in [4.78, 5) is 11.3. The van der Waals surface area contributed by atoms with Crippen molar-refractivity contribution in [3.8, 4) is 5.75 Å². The maximum Gasteiger partial charge on any atom is 0.250 e. The monoisotopic (exact) mass is 224 g/mol. The van der Waals surface area contributed by atoms with Crippen LogP contribution in [0, 0.1) is 0 Å². The summed E-state index contributed by atoms with van der Waals surface area (Å²) in [5, 5.41) is 2.69. The van der Waals surface area contributed by atoms with Gasteiger partial charge in [-0.05, 0) is 12.1 Å². The van der Waals surface area contributed by atoms with Crippen LogP contribution in [0.3, 0.4) is 0 Å². The van der Waals surface area contributed by atoms with Crippen molar-refractivity contribution in [2.24, 2.45) is 5.73 Å². The molecule has 0 heterocycles. The van der Waals surface area contributed by atoms with Gasteiger partial charge in [0.25, 0.3) is 0 Å². The number of para-hydroxylation sites is 2. The zero-order valence-electron chi connectivity index (χ0n) is 9.23. The molecule has 1 aromatic carbocycles. The van der Waals surface area contributed by atoms with Gasteiger partial charge in [0.2, 0.25) is 5.91 Å². The van der Waals surface area contributed by atoms with E-state index in [1.54, 1.807) is 12.1 Å². The van der Waals surface area contributed by atoms with Crippen molar-refractivity contribution in [1.82, 2.24) is 0 Å². The van der Waals surface area contributed by atoms with Crippen molar-refractivity contribution in [3.05, 3.63) is 24.3 Å². The first-order valence-corrected chi connectivity index (χ1v) is 4.98. The number of hydrogen-bond acceptors (Lipinski definition) is 4. The Morgan fingerprint density at radius 1 is 1.44 bits per heavy atom. The smallest absolute Gasteiger partial charge is 0.250 e. The molecule has 0 bridgehead atoms. The van der Waals surface area contributed by atoms with Crippen LogP contribution in [0.15, 0.2) is 24.3 Å². The van der Waals surface area contributed by atoms with Gasteiger partial charge in [-0.25, -0.2) is 0 Å². The molecule has 0 aliphatic heterocycles. The summed E-state index contributed by atoms with van der Waals surface area (Å²) in [5.74, 6) is 0.392. The number of benzene rings is 1. The number of methoxy groups -OCH3 is 1. The van der Waals surface area contributed by atoms with Gasteiger partial charge in [0.05, 0.1) is 5.69 Å². The largest absolute Gasteiger partial charge is 0.490 e. The molecule has 3 N–H and O–H groups in total. The Morgan fingerprint density at radius 2 is 2.19 bits per heavy atom. The van der Waals surface area contributed by atoms with Crippen molar-refractivity contribution in [2.45, 2.75) is 0 Å². The second kappa shape index (κ2) is 6.81. The zero-order chi connectivity index (χ0) is 11.8. The fourth-order valence-corrected chi connectivity index (χ4v) is 1.18. The second-order valence-electron chi connectivity index (χ2n) is 3.11. The number of anilines is 1. The van der Waals surface area contributed by atoms with Crippen LogP contribution >= 0.6 is 0 Å². The minimum Gasteiger partial charge on any atom is -0.490 e. The Bertz CT molecular complexity index is 342. The molecule has 1 amide bonds. The predicted molar refractivity (Wildman–Crippen MR) is 61.5 cm³/mol. The Morgan fingerprint density at radius 3 is 2.88 bits per heavy atom. The maximum absolute atomic E-state index is 11.3. The molecule has 0 atom stereocenters. The molecular weight excluding hydrogens is 208 g/mol. The SMILES string of the molecule is COCC(=O)Nc1ccccc1OCCN. The molecule has 0 fully saturated rings. The highest BCUT2D eigenvalue weighted by molar-refractivity contribution is 5.93. The highest BCUT2D eigenvalue weighted by Crippen LogP contribution is 2.23. The fraction of sp³-hybridized carbons (Fsp3) is 0.364. The molecule has 0 aliphatic carbocycles. The lowest BCUT2D eigenvalue weighted by atomic mass is 10.3.